The summed E-state index contributed by atoms with van der Waals surface area (Å²) in [6, 6.07) is 0.580. The molecule has 0 aromatic rings. The summed E-state index contributed by atoms with van der Waals surface area (Å²) in [5, 5.41) is 8.56. The molecule has 0 bridgehead atoms. The van der Waals surface area contributed by atoms with Gasteiger partial charge in [-0.2, -0.15) is 0 Å². The number of aliphatic carboxylic acids is 1. The average Bonchev–Trinajstić information content (AvgIpc) is 2.00. The molecule has 0 fully saturated rings. The highest BCUT2D eigenvalue weighted by Crippen LogP contribution is 2.08. The number of rotatable bonds is 5. The molecule has 12 heavy (non-hydrogen) atoms. The molecule has 1 N–H and O–H groups in total. The fourth-order valence-corrected chi connectivity index (χ4v) is 1.12. The van der Waals surface area contributed by atoms with Crippen LogP contribution >= 0.6 is 0 Å². The van der Waals surface area contributed by atoms with Gasteiger partial charge in [0.1, 0.15) is 0 Å². The minimum Gasteiger partial charge on any atom is -0.481 e. The Bertz CT molecular complexity index is 147. The maximum absolute atomic E-state index is 10.4. The molecule has 0 aromatic carbocycles. The summed E-state index contributed by atoms with van der Waals surface area (Å²) in [6.07, 6.45) is 1.28. The summed E-state index contributed by atoms with van der Waals surface area (Å²) in [7, 11) is 1.97. The van der Waals surface area contributed by atoms with E-state index in [1.54, 1.807) is 0 Å². The zero-order valence-electron chi connectivity index (χ0n) is 8.37. The standard InChI is InChI=1S/C9H19NO2/c1-5-7(2)10(4)8(3)6-9(11)12/h7-8H,5-6H2,1-4H3,(H,11,12). The molecule has 0 amide bonds. The summed E-state index contributed by atoms with van der Waals surface area (Å²) >= 11 is 0. The third kappa shape index (κ3) is 3.72. The van der Waals surface area contributed by atoms with Crippen LogP contribution in [-0.4, -0.2) is 35.1 Å². The Morgan fingerprint density at radius 2 is 1.92 bits per heavy atom. The van der Waals surface area contributed by atoms with Gasteiger partial charge in [0.25, 0.3) is 0 Å². The maximum atomic E-state index is 10.4. The van der Waals surface area contributed by atoms with Crippen molar-refractivity contribution >= 4 is 5.97 Å². The molecule has 3 heteroatoms. The third-order valence-corrected chi connectivity index (χ3v) is 2.45. The van der Waals surface area contributed by atoms with E-state index >= 15 is 0 Å². The fourth-order valence-electron chi connectivity index (χ4n) is 1.12. The van der Waals surface area contributed by atoms with Crippen LogP contribution in [0.4, 0.5) is 0 Å². The van der Waals surface area contributed by atoms with Crippen LogP contribution in [-0.2, 0) is 4.79 Å². The normalized spacial score (nSPS) is 16.1. The molecule has 0 spiro atoms. The van der Waals surface area contributed by atoms with Gasteiger partial charge in [-0.15, -0.1) is 0 Å². The number of carbonyl (C=O) groups is 1. The SMILES string of the molecule is CCC(C)N(C)C(C)CC(=O)O. The molecule has 2 unspecified atom stereocenters. The van der Waals surface area contributed by atoms with Gasteiger partial charge in [-0.3, -0.25) is 4.79 Å². The van der Waals surface area contributed by atoms with Gasteiger partial charge in [0.05, 0.1) is 6.42 Å². The number of carboxylic acids is 1. The van der Waals surface area contributed by atoms with Crippen LogP contribution < -0.4 is 0 Å². The van der Waals surface area contributed by atoms with Crippen molar-refractivity contribution in [2.75, 3.05) is 7.05 Å². The highest BCUT2D eigenvalue weighted by Gasteiger charge is 2.16. The van der Waals surface area contributed by atoms with E-state index in [-0.39, 0.29) is 12.5 Å². The first-order valence-corrected chi connectivity index (χ1v) is 4.42. The topological polar surface area (TPSA) is 40.5 Å². The predicted molar refractivity (Wildman–Crippen MR) is 49.2 cm³/mol. The Morgan fingerprint density at radius 1 is 1.42 bits per heavy atom. The van der Waals surface area contributed by atoms with Crippen LogP contribution in [0.5, 0.6) is 0 Å². The average molecular weight is 173 g/mol. The molecule has 0 rings (SSSR count). The Labute approximate surface area is 74.4 Å². The smallest absolute Gasteiger partial charge is 0.304 e. The van der Waals surface area contributed by atoms with Crippen LogP contribution in [0.2, 0.25) is 0 Å². The maximum Gasteiger partial charge on any atom is 0.304 e. The van der Waals surface area contributed by atoms with E-state index in [1.165, 1.54) is 0 Å². The Hall–Kier alpha value is -0.570. The van der Waals surface area contributed by atoms with Crippen molar-refractivity contribution in [1.82, 2.24) is 4.90 Å². The first-order valence-electron chi connectivity index (χ1n) is 4.42. The monoisotopic (exact) mass is 173 g/mol. The van der Waals surface area contributed by atoms with Crippen molar-refractivity contribution in [1.29, 1.82) is 0 Å². The van der Waals surface area contributed by atoms with Crippen molar-refractivity contribution in [2.24, 2.45) is 0 Å². The van der Waals surface area contributed by atoms with Gasteiger partial charge in [0.15, 0.2) is 0 Å². The largest absolute Gasteiger partial charge is 0.481 e. The second-order valence-electron chi connectivity index (χ2n) is 3.37. The molecule has 0 radical (unpaired) electrons. The molecule has 3 nitrogen and oxygen atoms in total. The van der Waals surface area contributed by atoms with Crippen LogP contribution in [0, 0.1) is 0 Å². The summed E-state index contributed by atoms with van der Waals surface area (Å²) in [5.74, 6) is -0.724. The van der Waals surface area contributed by atoms with E-state index in [1.807, 2.05) is 14.0 Å². The number of hydrogen-bond donors (Lipinski definition) is 1. The second-order valence-corrected chi connectivity index (χ2v) is 3.37. The van der Waals surface area contributed by atoms with Gasteiger partial charge in [-0.05, 0) is 27.3 Å². The van der Waals surface area contributed by atoms with Crippen molar-refractivity contribution in [3.05, 3.63) is 0 Å². The highest BCUT2D eigenvalue weighted by molar-refractivity contribution is 5.67. The van der Waals surface area contributed by atoms with Gasteiger partial charge in [0, 0.05) is 12.1 Å². The van der Waals surface area contributed by atoms with Gasteiger partial charge >= 0.3 is 5.97 Å². The van der Waals surface area contributed by atoms with E-state index in [2.05, 4.69) is 18.7 Å². The molecular formula is C9H19NO2. The Kier molecular flexibility index (Phi) is 4.90. The minimum atomic E-state index is -0.724. The third-order valence-electron chi connectivity index (χ3n) is 2.45. The zero-order valence-corrected chi connectivity index (χ0v) is 8.37. The van der Waals surface area contributed by atoms with Crippen LogP contribution in [0.15, 0.2) is 0 Å². The minimum absolute atomic E-state index is 0.123. The number of hydrogen-bond acceptors (Lipinski definition) is 2. The van der Waals surface area contributed by atoms with Crippen LogP contribution in [0.25, 0.3) is 0 Å². The van der Waals surface area contributed by atoms with Crippen molar-refractivity contribution in [2.45, 2.75) is 45.7 Å². The van der Waals surface area contributed by atoms with E-state index in [0.717, 1.165) is 6.42 Å². The molecule has 2 atom stereocenters. The molecule has 72 valence electrons. The van der Waals surface area contributed by atoms with Gasteiger partial charge in [-0.25, -0.2) is 0 Å². The van der Waals surface area contributed by atoms with Crippen LogP contribution in [0.1, 0.15) is 33.6 Å². The molecule has 0 aliphatic heterocycles. The van der Waals surface area contributed by atoms with Crippen LogP contribution in [0.3, 0.4) is 0 Å². The fraction of sp³-hybridized carbons (Fsp3) is 0.889. The van der Waals surface area contributed by atoms with Crippen molar-refractivity contribution in [3.63, 3.8) is 0 Å². The molecule has 0 saturated heterocycles. The first kappa shape index (κ1) is 11.4. The summed E-state index contributed by atoms with van der Waals surface area (Å²) in [5.41, 5.74) is 0. The molecule has 0 aromatic heterocycles. The van der Waals surface area contributed by atoms with E-state index in [9.17, 15) is 4.79 Å². The molecule has 0 aliphatic rings. The van der Waals surface area contributed by atoms with E-state index in [4.69, 9.17) is 5.11 Å². The number of nitrogens with zero attached hydrogens (tertiary/aromatic N) is 1. The predicted octanol–water partition coefficient (Wildman–Crippen LogP) is 1.58. The van der Waals surface area contributed by atoms with Gasteiger partial charge < -0.3 is 10.0 Å². The lowest BCUT2D eigenvalue weighted by Crippen LogP contribution is -2.37. The van der Waals surface area contributed by atoms with Gasteiger partial charge in [-0.1, -0.05) is 6.92 Å². The quantitative estimate of drug-likeness (QED) is 0.686. The summed E-state index contributed by atoms with van der Waals surface area (Å²) in [6.45, 7) is 6.16. The van der Waals surface area contributed by atoms with E-state index < -0.39 is 5.97 Å². The molecule has 0 saturated carbocycles. The summed E-state index contributed by atoms with van der Waals surface area (Å²) in [4.78, 5) is 12.5. The lowest BCUT2D eigenvalue weighted by molar-refractivity contribution is -0.138. The molecular weight excluding hydrogens is 154 g/mol. The van der Waals surface area contributed by atoms with Gasteiger partial charge in [0.2, 0.25) is 0 Å². The first-order chi connectivity index (χ1) is 5.49. The van der Waals surface area contributed by atoms with Crippen molar-refractivity contribution in [3.8, 4) is 0 Å². The molecule has 0 aliphatic carbocycles. The zero-order chi connectivity index (χ0) is 9.72. The lowest BCUT2D eigenvalue weighted by Gasteiger charge is -2.29. The Balaban J connectivity index is 3.91. The summed E-state index contributed by atoms with van der Waals surface area (Å²) < 4.78 is 0. The Morgan fingerprint density at radius 3 is 2.25 bits per heavy atom. The second kappa shape index (κ2) is 5.14. The lowest BCUT2D eigenvalue weighted by atomic mass is 10.1. The van der Waals surface area contributed by atoms with E-state index in [0.29, 0.717) is 6.04 Å². The molecule has 0 heterocycles. The highest BCUT2D eigenvalue weighted by atomic mass is 16.4. The van der Waals surface area contributed by atoms with Crippen molar-refractivity contribution < 1.29 is 9.90 Å². The number of carboxylic acid groups (broad SMARTS) is 1.